The SMILES string of the molecule is CC(C)(C)OC(=O)NC(/C=C/S(=O)(=O)[O-])Cc1ccccc1. The van der Waals surface area contributed by atoms with Crippen molar-refractivity contribution in [2.24, 2.45) is 0 Å². The van der Waals surface area contributed by atoms with E-state index in [1.165, 1.54) is 0 Å². The standard InChI is InChI=1S/C15H21NO5S/c1-15(2,3)21-14(17)16-13(9-10-22(18,19)20)11-12-7-5-4-6-8-12/h4-10,13H,11H2,1-3H3,(H,16,17)(H,18,19,20)/p-1/b10-9+. The van der Waals surface area contributed by atoms with E-state index >= 15 is 0 Å². The number of alkyl carbamates (subject to hydrolysis) is 1. The first kappa shape index (κ1) is 18.2. The maximum atomic E-state index is 11.8. The van der Waals surface area contributed by atoms with E-state index < -0.39 is 27.9 Å². The van der Waals surface area contributed by atoms with E-state index in [1.807, 2.05) is 30.3 Å². The summed E-state index contributed by atoms with van der Waals surface area (Å²) in [5, 5.41) is 3.08. The quantitative estimate of drug-likeness (QED) is 0.837. The second kappa shape index (κ2) is 7.42. The lowest BCUT2D eigenvalue weighted by Crippen LogP contribution is -2.39. The van der Waals surface area contributed by atoms with Gasteiger partial charge in [-0.2, -0.15) is 0 Å². The molecule has 1 rings (SSSR count). The van der Waals surface area contributed by atoms with E-state index in [0.29, 0.717) is 11.8 Å². The van der Waals surface area contributed by atoms with Crippen LogP contribution in [0.15, 0.2) is 41.8 Å². The summed E-state index contributed by atoms with van der Waals surface area (Å²) in [5.41, 5.74) is 0.215. The molecule has 0 radical (unpaired) electrons. The van der Waals surface area contributed by atoms with Gasteiger partial charge in [0.05, 0.1) is 6.04 Å². The van der Waals surface area contributed by atoms with Crippen molar-refractivity contribution >= 4 is 16.2 Å². The molecule has 0 saturated carbocycles. The zero-order chi connectivity index (χ0) is 16.8. The topological polar surface area (TPSA) is 95.5 Å². The van der Waals surface area contributed by atoms with Crippen LogP contribution in [0.1, 0.15) is 26.3 Å². The molecule has 0 heterocycles. The number of ether oxygens (including phenoxy) is 1. The molecule has 1 atom stereocenters. The fraction of sp³-hybridized carbons (Fsp3) is 0.400. The highest BCUT2D eigenvalue weighted by Crippen LogP contribution is 2.09. The number of nitrogens with one attached hydrogen (secondary N) is 1. The van der Waals surface area contributed by atoms with Crippen LogP contribution in [-0.2, 0) is 21.3 Å². The van der Waals surface area contributed by atoms with E-state index in [9.17, 15) is 17.8 Å². The first-order valence-electron chi connectivity index (χ1n) is 6.73. The molecular weight excluding hydrogens is 306 g/mol. The van der Waals surface area contributed by atoms with Crippen LogP contribution in [0.5, 0.6) is 0 Å². The largest absolute Gasteiger partial charge is 0.744 e. The average molecular weight is 326 g/mol. The summed E-state index contributed by atoms with van der Waals surface area (Å²) in [6.07, 6.45) is 0.812. The van der Waals surface area contributed by atoms with E-state index in [1.54, 1.807) is 20.8 Å². The lowest BCUT2D eigenvalue weighted by molar-refractivity contribution is 0.0514. The molecule has 7 heteroatoms. The predicted molar refractivity (Wildman–Crippen MR) is 82.1 cm³/mol. The predicted octanol–water partition coefficient (Wildman–Crippen LogP) is 2.18. The van der Waals surface area contributed by atoms with Crippen molar-refractivity contribution in [3.05, 3.63) is 47.4 Å². The second-order valence-electron chi connectivity index (χ2n) is 5.76. The molecule has 0 aliphatic heterocycles. The summed E-state index contributed by atoms with van der Waals surface area (Å²) < 4.78 is 37.3. The van der Waals surface area contributed by atoms with Crippen molar-refractivity contribution in [3.8, 4) is 0 Å². The number of amides is 1. The van der Waals surface area contributed by atoms with Gasteiger partial charge in [0.25, 0.3) is 0 Å². The minimum Gasteiger partial charge on any atom is -0.744 e. The van der Waals surface area contributed by atoms with Gasteiger partial charge in [-0.1, -0.05) is 36.4 Å². The van der Waals surface area contributed by atoms with E-state index in [-0.39, 0.29) is 0 Å². The van der Waals surface area contributed by atoms with Gasteiger partial charge in [0.2, 0.25) is 0 Å². The molecule has 0 bridgehead atoms. The molecule has 122 valence electrons. The number of rotatable bonds is 5. The molecule has 1 unspecified atom stereocenters. The Labute approximate surface area is 130 Å². The molecular formula is C15H20NO5S-. The Hall–Kier alpha value is -1.86. The molecule has 1 aromatic carbocycles. The van der Waals surface area contributed by atoms with Crippen molar-refractivity contribution in [2.45, 2.75) is 38.8 Å². The van der Waals surface area contributed by atoms with Crippen molar-refractivity contribution in [2.75, 3.05) is 0 Å². The van der Waals surface area contributed by atoms with Gasteiger partial charge in [0.15, 0.2) is 0 Å². The van der Waals surface area contributed by atoms with Crippen LogP contribution in [0.3, 0.4) is 0 Å². The highest BCUT2D eigenvalue weighted by atomic mass is 32.2. The van der Waals surface area contributed by atoms with Gasteiger partial charge in [0, 0.05) is 5.41 Å². The molecule has 0 fully saturated rings. The summed E-state index contributed by atoms with van der Waals surface area (Å²) >= 11 is 0. The van der Waals surface area contributed by atoms with Crippen LogP contribution < -0.4 is 5.32 Å². The molecule has 0 aliphatic rings. The van der Waals surface area contributed by atoms with Crippen molar-refractivity contribution < 1.29 is 22.5 Å². The van der Waals surface area contributed by atoms with Gasteiger partial charge < -0.3 is 14.6 Å². The average Bonchev–Trinajstić information content (AvgIpc) is 2.34. The van der Waals surface area contributed by atoms with Crippen LogP contribution in [0.25, 0.3) is 0 Å². The maximum absolute atomic E-state index is 11.8. The molecule has 1 N–H and O–H groups in total. The molecule has 1 aromatic rings. The Bertz CT molecular complexity index is 617. The van der Waals surface area contributed by atoms with Gasteiger partial charge >= 0.3 is 6.09 Å². The highest BCUT2D eigenvalue weighted by molar-refractivity contribution is 7.88. The number of hydrogen-bond donors (Lipinski definition) is 1. The number of carbonyl (C=O) groups is 1. The van der Waals surface area contributed by atoms with Gasteiger partial charge in [-0.05, 0) is 32.8 Å². The summed E-state index contributed by atoms with van der Waals surface area (Å²) in [6, 6.07) is 8.51. The summed E-state index contributed by atoms with van der Waals surface area (Å²) in [4.78, 5) is 11.8. The minimum atomic E-state index is -4.51. The molecule has 0 saturated heterocycles. The number of benzene rings is 1. The normalized spacial score (nSPS) is 13.8. The highest BCUT2D eigenvalue weighted by Gasteiger charge is 2.18. The number of carbonyl (C=O) groups excluding carboxylic acids is 1. The van der Waals surface area contributed by atoms with Crippen LogP contribution >= 0.6 is 0 Å². The van der Waals surface area contributed by atoms with Crippen LogP contribution in [-0.4, -0.2) is 30.7 Å². The maximum Gasteiger partial charge on any atom is 0.408 e. The molecule has 22 heavy (non-hydrogen) atoms. The van der Waals surface area contributed by atoms with E-state index in [2.05, 4.69) is 5.32 Å². The zero-order valence-corrected chi connectivity index (χ0v) is 13.6. The number of hydrogen-bond acceptors (Lipinski definition) is 5. The van der Waals surface area contributed by atoms with Crippen LogP contribution in [0.4, 0.5) is 4.79 Å². The molecule has 6 nitrogen and oxygen atoms in total. The molecule has 1 amide bonds. The van der Waals surface area contributed by atoms with E-state index in [4.69, 9.17) is 4.74 Å². The van der Waals surface area contributed by atoms with Crippen LogP contribution in [0, 0.1) is 0 Å². The lowest BCUT2D eigenvalue weighted by Gasteiger charge is -2.22. The Balaban J connectivity index is 2.82. The minimum absolute atomic E-state index is 0.339. The molecule has 0 aromatic heterocycles. The van der Waals surface area contributed by atoms with E-state index in [0.717, 1.165) is 11.6 Å². The first-order valence-corrected chi connectivity index (χ1v) is 8.20. The Morgan fingerprint density at radius 1 is 1.32 bits per heavy atom. The fourth-order valence-corrected chi connectivity index (χ4v) is 2.07. The molecule has 0 spiro atoms. The third-order valence-electron chi connectivity index (χ3n) is 2.48. The summed E-state index contributed by atoms with van der Waals surface area (Å²) in [6.45, 7) is 5.16. The van der Waals surface area contributed by atoms with Gasteiger partial charge in [-0.3, -0.25) is 0 Å². The van der Waals surface area contributed by atoms with Crippen molar-refractivity contribution in [1.29, 1.82) is 0 Å². The first-order chi connectivity index (χ1) is 10.1. The Morgan fingerprint density at radius 2 is 1.91 bits per heavy atom. The smallest absolute Gasteiger partial charge is 0.408 e. The second-order valence-corrected chi connectivity index (χ2v) is 7.02. The third-order valence-corrected chi connectivity index (χ3v) is 2.97. The fourth-order valence-electron chi connectivity index (χ4n) is 1.69. The Kier molecular flexibility index (Phi) is 6.13. The van der Waals surface area contributed by atoms with Crippen LogP contribution in [0.2, 0.25) is 0 Å². The monoisotopic (exact) mass is 326 g/mol. The van der Waals surface area contributed by atoms with Gasteiger partial charge in [-0.25, -0.2) is 13.2 Å². The van der Waals surface area contributed by atoms with Gasteiger partial charge in [0.1, 0.15) is 15.7 Å². The lowest BCUT2D eigenvalue weighted by atomic mass is 10.1. The Morgan fingerprint density at radius 3 is 2.41 bits per heavy atom. The third kappa shape index (κ3) is 8.43. The van der Waals surface area contributed by atoms with Gasteiger partial charge in [-0.15, -0.1) is 0 Å². The van der Waals surface area contributed by atoms with Crippen molar-refractivity contribution in [3.63, 3.8) is 0 Å². The zero-order valence-electron chi connectivity index (χ0n) is 12.8. The summed E-state index contributed by atoms with van der Waals surface area (Å²) in [5.74, 6) is 0. The van der Waals surface area contributed by atoms with Crippen molar-refractivity contribution in [1.82, 2.24) is 5.32 Å². The summed E-state index contributed by atoms with van der Waals surface area (Å²) in [7, 11) is -4.51. The molecule has 0 aliphatic carbocycles.